The Bertz CT molecular complexity index is 1280. The Hall–Kier alpha value is -2.34. The molecular formula is C47H72N2Pd. The van der Waals surface area contributed by atoms with Crippen LogP contribution in [0.25, 0.3) is 16.9 Å². The predicted octanol–water partition coefficient (Wildman–Crippen LogP) is 15.7. The van der Waals surface area contributed by atoms with Gasteiger partial charge in [0.05, 0.1) is 0 Å². The number of unbranched alkanes of at least 4 members (excludes halogenated alkanes) is 16. The van der Waals surface area contributed by atoms with E-state index in [-0.39, 0.29) is 0 Å². The van der Waals surface area contributed by atoms with Crippen molar-refractivity contribution in [3.63, 3.8) is 0 Å². The number of rotatable bonds is 28. The van der Waals surface area contributed by atoms with E-state index < -0.39 is 0 Å². The van der Waals surface area contributed by atoms with Gasteiger partial charge in [-0.05, 0) is 73.9 Å². The van der Waals surface area contributed by atoms with E-state index in [1.165, 1.54) is 153 Å². The van der Waals surface area contributed by atoms with E-state index in [0.29, 0.717) is 0 Å². The van der Waals surface area contributed by atoms with Gasteiger partial charge in [-0.2, -0.15) is 0 Å². The molecule has 1 heterocycles. The largest absolute Gasteiger partial charge is 0.493 e. The minimum Gasteiger partial charge on any atom is -0.493 e. The smallest absolute Gasteiger partial charge is 0.210 e. The number of hydrogen-bond acceptors (Lipinski definition) is 0. The van der Waals surface area contributed by atoms with Gasteiger partial charge in [0.1, 0.15) is 0 Å². The van der Waals surface area contributed by atoms with E-state index in [1.807, 2.05) is 12.2 Å². The van der Waals surface area contributed by atoms with E-state index in [1.54, 1.807) is 0 Å². The molecule has 3 heteroatoms. The summed E-state index contributed by atoms with van der Waals surface area (Å²) in [6.45, 7) is 14.0. The van der Waals surface area contributed by atoms with Crippen LogP contribution in [0.4, 0.5) is 0 Å². The Labute approximate surface area is 317 Å². The minimum atomic E-state index is 0.832. The first-order chi connectivity index (χ1) is 24.6. The molecule has 0 aliphatic carbocycles. The van der Waals surface area contributed by atoms with Crippen LogP contribution in [-0.2, 0) is 30.8 Å². The Kier molecular flexibility index (Phi) is 25.6. The second-order valence-corrected chi connectivity index (χ2v) is 16.1. The summed E-state index contributed by atoms with van der Waals surface area (Å²) in [5.74, 6) is 0. The van der Waals surface area contributed by atoms with Gasteiger partial charge in [0.15, 0.2) is 0 Å². The first kappa shape index (κ1) is 43.8. The van der Waals surface area contributed by atoms with Crippen LogP contribution in [0.15, 0.2) is 85.5 Å². The number of hydrogen-bond donors (Lipinski definition) is 0. The average Bonchev–Trinajstić information content (AvgIpc) is 3.46. The zero-order chi connectivity index (χ0) is 36.1. The number of allylic oxidation sites excluding steroid dienone is 4. The molecule has 0 aromatic heterocycles. The topological polar surface area (TPSA) is 25.3 Å². The molecule has 0 radical (unpaired) electrons. The first-order valence-electron chi connectivity index (χ1n) is 20.4. The van der Waals surface area contributed by atoms with Crippen LogP contribution in [0.3, 0.4) is 0 Å². The van der Waals surface area contributed by atoms with Crippen molar-refractivity contribution >= 4 is 11.4 Å². The third kappa shape index (κ3) is 18.2. The van der Waals surface area contributed by atoms with Gasteiger partial charge in [-0.1, -0.05) is 148 Å². The second-order valence-electron chi connectivity index (χ2n) is 14.0. The zero-order valence-electron chi connectivity index (χ0n) is 32.4. The molecule has 1 aliphatic heterocycles. The normalized spacial score (nSPS) is 12.6. The fourth-order valence-electron chi connectivity index (χ4n) is 6.69. The molecular weight excluding hydrogens is 699 g/mol. The van der Waals surface area contributed by atoms with Crippen molar-refractivity contribution in [2.45, 2.75) is 172 Å². The summed E-state index contributed by atoms with van der Waals surface area (Å²) in [4.78, 5) is 2.33. The molecule has 0 spiro atoms. The fraction of sp³-hybridized carbons (Fsp3) is 0.574. The van der Waals surface area contributed by atoms with Crippen molar-refractivity contribution in [3.05, 3.63) is 113 Å². The van der Waals surface area contributed by atoms with Crippen LogP contribution in [0.1, 0.15) is 171 Å². The van der Waals surface area contributed by atoms with E-state index in [2.05, 4.69) is 88.5 Å². The summed E-state index contributed by atoms with van der Waals surface area (Å²) >= 11 is 0.832. The zero-order valence-corrected chi connectivity index (χ0v) is 34.0. The SMILES string of the molecule is C=C[CH2][Pd][CH2]C=C.CCCCCCCCCCCCCCCC1=C(c2cccc(CCCCC)c2)[N+](=[N-])C(c2cccc(CCCCC)c2)=C1. The summed E-state index contributed by atoms with van der Waals surface area (Å²) in [5, 5.41) is 0. The van der Waals surface area contributed by atoms with Gasteiger partial charge in [0.2, 0.25) is 11.4 Å². The molecule has 1 aliphatic rings. The van der Waals surface area contributed by atoms with E-state index in [0.717, 1.165) is 59.8 Å². The van der Waals surface area contributed by atoms with E-state index >= 15 is 0 Å². The van der Waals surface area contributed by atoms with Gasteiger partial charge < -0.3 is 5.53 Å². The van der Waals surface area contributed by atoms with Crippen LogP contribution >= 0.6 is 0 Å². The quantitative estimate of drug-likeness (QED) is 0.0356. The fourth-order valence-corrected chi connectivity index (χ4v) is 7.58. The van der Waals surface area contributed by atoms with Gasteiger partial charge in [0.25, 0.3) is 0 Å². The van der Waals surface area contributed by atoms with Crippen LogP contribution < -0.4 is 0 Å². The second kappa shape index (κ2) is 29.3. The number of benzene rings is 2. The molecule has 0 bridgehead atoms. The van der Waals surface area contributed by atoms with Crippen LogP contribution in [0, 0.1) is 0 Å². The molecule has 0 fully saturated rings. The maximum Gasteiger partial charge on any atom is 0.210 e. The molecule has 280 valence electrons. The third-order valence-corrected chi connectivity index (χ3v) is 11.3. The summed E-state index contributed by atoms with van der Waals surface area (Å²) in [7, 11) is 0. The molecule has 0 saturated heterocycles. The molecule has 50 heavy (non-hydrogen) atoms. The van der Waals surface area contributed by atoms with Crippen molar-refractivity contribution in [1.29, 1.82) is 0 Å². The van der Waals surface area contributed by atoms with Gasteiger partial charge in [-0.25, -0.2) is 4.70 Å². The molecule has 3 rings (SSSR count). The van der Waals surface area contributed by atoms with Crippen LogP contribution in [0.2, 0.25) is 9.79 Å². The van der Waals surface area contributed by atoms with E-state index in [9.17, 15) is 5.53 Å². The molecule has 0 saturated carbocycles. The third-order valence-electron chi connectivity index (χ3n) is 9.53. The maximum absolute atomic E-state index is 11.6. The molecule has 0 unspecified atom stereocenters. The van der Waals surface area contributed by atoms with E-state index in [4.69, 9.17) is 0 Å². The van der Waals surface area contributed by atoms with Crippen molar-refractivity contribution in [2.24, 2.45) is 0 Å². The van der Waals surface area contributed by atoms with Crippen molar-refractivity contribution in [3.8, 4) is 0 Å². The van der Waals surface area contributed by atoms with Crippen molar-refractivity contribution in [1.82, 2.24) is 0 Å². The summed E-state index contributed by atoms with van der Waals surface area (Å²) < 4.78 is 1.49. The van der Waals surface area contributed by atoms with Crippen LogP contribution in [0.5, 0.6) is 0 Å². The summed E-state index contributed by atoms with van der Waals surface area (Å²) in [6, 6.07) is 17.8. The van der Waals surface area contributed by atoms with Crippen molar-refractivity contribution < 1.29 is 22.7 Å². The maximum atomic E-state index is 11.6. The number of aryl methyl sites for hydroxylation is 2. The summed E-state index contributed by atoms with van der Waals surface area (Å²) in [6.07, 6.45) is 34.7. The Balaban J connectivity index is 0.00000112. The molecule has 0 N–H and O–H groups in total. The van der Waals surface area contributed by atoms with Gasteiger partial charge >= 0.3 is 53.1 Å². The minimum absolute atomic E-state index is 0.832. The summed E-state index contributed by atoms with van der Waals surface area (Å²) in [5.41, 5.74) is 19.8. The van der Waals surface area contributed by atoms with Crippen molar-refractivity contribution in [2.75, 3.05) is 0 Å². The van der Waals surface area contributed by atoms with Gasteiger partial charge in [-0.15, -0.1) is 0 Å². The Morgan fingerprint density at radius 1 is 0.560 bits per heavy atom. The molecule has 2 aromatic carbocycles. The van der Waals surface area contributed by atoms with Gasteiger partial charge in [-0.3, -0.25) is 0 Å². The van der Waals surface area contributed by atoms with Gasteiger partial charge in [0, 0.05) is 22.8 Å². The molecule has 2 nitrogen and oxygen atoms in total. The Morgan fingerprint density at radius 3 is 1.48 bits per heavy atom. The van der Waals surface area contributed by atoms with Crippen LogP contribution in [-0.4, -0.2) is 4.70 Å². The first-order valence-corrected chi connectivity index (χ1v) is 22.6. The molecule has 2 aromatic rings. The Morgan fingerprint density at radius 2 is 0.980 bits per heavy atom. The molecule has 0 amide bonds. The number of nitrogens with zero attached hydrogens (tertiary/aromatic N) is 2. The predicted molar refractivity (Wildman–Crippen MR) is 218 cm³/mol. The molecule has 0 atom stereocenters. The monoisotopic (exact) mass is 770 g/mol. The average molecular weight is 772 g/mol. The standard InChI is InChI=1S/C41H62N2.2C3H5.Pd/c1-4-7-10-11-12-13-14-15-16-17-18-19-22-29-39-34-40(37-30-23-27-35(32-37)25-20-8-5-2)43(42)41(39)38-31-24-28-36(33-38)26-21-9-6-3;2*1-3-2;/h23-24,27-28,30-34H,4-22,25-26,29H2,1-3H3;2*3H,1-2H2;.